The van der Waals surface area contributed by atoms with Crippen molar-refractivity contribution in [3.8, 4) is 0 Å². The fourth-order valence-electron chi connectivity index (χ4n) is 1.26. The molecule has 1 N–H and O–H groups in total. The van der Waals surface area contributed by atoms with Crippen molar-refractivity contribution in [2.45, 2.75) is 32.1 Å². The van der Waals surface area contributed by atoms with Crippen molar-refractivity contribution < 1.29 is 0 Å². The van der Waals surface area contributed by atoms with Crippen LogP contribution in [0, 0.1) is 6.92 Å². The van der Waals surface area contributed by atoms with Gasteiger partial charge in [-0.25, -0.2) is 0 Å². The first-order valence-corrected chi connectivity index (χ1v) is 6.44. The van der Waals surface area contributed by atoms with Crippen LogP contribution in [0.4, 0.5) is 0 Å². The number of pyridine rings is 1. The third kappa shape index (κ3) is 4.22. The molecule has 15 heavy (non-hydrogen) atoms. The molecule has 0 saturated carbocycles. The largest absolute Gasteiger partial charge is 0.310 e. The van der Waals surface area contributed by atoms with Gasteiger partial charge in [-0.2, -0.15) is 11.8 Å². The number of nitrogens with one attached hydrogen (secondary N) is 1. The highest BCUT2D eigenvalue weighted by Crippen LogP contribution is 2.19. The maximum Gasteiger partial charge on any atom is 0.0570 e. The lowest BCUT2D eigenvalue weighted by atomic mass is 10.2. The van der Waals surface area contributed by atoms with Gasteiger partial charge in [0.25, 0.3) is 0 Å². The number of hydrogen-bond donors (Lipinski definition) is 1. The fourth-order valence-corrected chi connectivity index (χ4v) is 1.50. The molecule has 0 atom stereocenters. The van der Waals surface area contributed by atoms with E-state index in [1.165, 1.54) is 5.56 Å². The Morgan fingerprint density at radius 2 is 2.20 bits per heavy atom. The second kappa shape index (κ2) is 5.52. The van der Waals surface area contributed by atoms with Crippen molar-refractivity contribution >= 4 is 11.8 Å². The van der Waals surface area contributed by atoms with Crippen LogP contribution in [-0.4, -0.2) is 22.5 Å². The zero-order chi connectivity index (χ0) is 11.3. The van der Waals surface area contributed by atoms with Gasteiger partial charge in [-0.3, -0.25) is 4.98 Å². The Bertz CT molecular complexity index is 310. The molecule has 0 aliphatic carbocycles. The average molecular weight is 224 g/mol. The number of aromatic nitrogens is 1. The van der Waals surface area contributed by atoms with E-state index < -0.39 is 0 Å². The highest BCUT2D eigenvalue weighted by Gasteiger charge is 2.14. The van der Waals surface area contributed by atoms with E-state index in [-0.39, 0.29) is 0 Å². The third-order valence-corrected chi connectivity index (χ3v) is 3.76. The Morgan fingerprint density at radius 3 is 2.80 bits per heavy atom. The summed E-state index contributed by atoms with van der Waals surface area (Å²) in [6, 6.07) is 4.08. The molecular weight excluding hydrogens is 204 g/mol. The summed E-state index contributed by atoms with van der Waals surface area (Å²) in [6.45, 7) is 8.45. The molecule has 1 rings (SSSR count). The Hall–Kier alpha value is -0.540. The Balaban J connectivity index is 2.42. The van der Waals surface area contributed by atoms with E-state index in [1.54, 1.807) is 0 Å². The normalized spacial score (nSPS) is 11.7. The van der Waals surface area contributed by atoms with Gasteiger partial charge in [0, 0.05) is 24.0 Å². The summed E-state index contributed by atoms with van der Waals surface area (Å²) < 4.78 is 0.294. The SMILES string of the molecule is CSC(C)(C)CNCc1ncccc1C. The summed E-state index contributed by atoms with van der Waals surface area (Å²) in [5.74, 6) is 0. The highest BCUT2D eigenvalue weighted by molar-refractivity contribution is 7.99. The molecule has 84 valence electrons. The van der Waals surface area contributed by atoms with E-state index in [9.17, 15) is 0 Å². The summed E-state index contributed by atoms with van der Waals surface area (Å²) in [6.07, 6.45) is 4.00. The van der Waals surface area contributed by atoms with E-state index in [2.05, 4.69) is 43.4 Å². The van der Waals surface area contributed by atoms with Crippen LogP contribution in [0.2, 0.25) is 0 Å². The molecule has 0 amide bonds. The number of hydrogen-bond acceptors (Lipinski definition) is 3. The second-order valence-electron chi connectivity index (χ2n) is 4.33. The zero-order valence-corrected chi connectivity index (χ0v) is 10.8. The Morgan fingerprint density at radius 1 is 1.47 bits per heavy atom. The first-order chi connectivity index (χ1) is 7.05. The lowest BCUT2D eigenvalue weighted by molar-refractivity contribution is 0.584. The number of aryl methyl sites for hydroxylation is 1. The highest BCUT2D eigenvalue weighted by atomic mass is 32.2. The Labute approximate surface area is 96.9 Å². The minimum atomic E-state index is 0.294. The molecule has 0 aliphatic heterocycles. The molecule has 0 fully saturated rings. The zero-order valence-electron chi connectivity index (χ0n) is 10.0. The van der Waals surface area contributed by atoms with E-state index in [0.29, 0.717) is 4.75 Å². The minimum Gasteiger partial charge on any atom is -0.310 e. The van der Waals surface area contributed by atoms with Gasteiger partial charge in [0.1, 0.15) is 0 Å². The van der Waals surface area contributed by atoms with Gasteiger partial charge in [-0.15, -0.1) is 0 Å². The smallest absolute Gasteiger partial charge is 0.0570 e. The average Bonchev–Trinajstić information content (AvgIpc) is 2.21. The lowest BCUT2D eigenvalue weighted by Crippen LogP contribution is -2.31. The molecule has 1 heterocycles. The lowest BCUT2D eigenvalue weighted by Gasteiger charge is -2.22. The van der Waals surface area contributed by atoms with Crippen molar-refractivity contribution in [1.29, 1.82) is 0 Å². The molecule has 2 nitrogen and oxygen atoms in total. The van der Waals surface area contributed by atoms with Crippen LogP contribution in [0.5, 0.6) is 0 Å². The predicted molar refractivity (Wildman–Crippen MR) is 68.3 cm³/mol. The molecule has 0 aromatic carbocycles. The first kappa shape index (κ1) is 12.5. The third-order valence-electron chi connectivity index (χ3n) is 2.51. The minimum absolute atomic E-state index is 0.294. The van der Waals surface area contributed by atoms with Crippen LogP contribution in [0.1, 0.15) is 25.1 Å². The standard InChI is InChI=1S/C12H20N2S/c1-10-6-5-7-14-11(10)8-13-9-12(2,3)15-4/h5-7,13H,8-9H2,1-4H3. The van der Waals surface area contributed by atoms with Gasteiger partial charge < -0.3 is 5.32 Å². The van der Waals surface area contributed by atoms with Gasteiger partial charge in [0.15, 0.2) is 0 Å². The van der Waals surface area contributed by atoms with Gasteiger partial charge in [0.2, 0.25) is 0 Å². The van der Waals surface area contributed by atoms with Crippen molar-refractivity contribution in [3.63, 3.8) is 0 Å². The quantitative estimate of drug-likeness (QED) is 0.832. The topological polar surface area (TPSA) is 24.9 Å². The molecule has 0 saturated heterocycles. The molecule has 0 bridgehead atoms. The fraction of sp³-hybridized carbons (Fsp3) is 0.583. The summed E-state index contributed by atoms with van der Waals surface area (Å²) in [5, 5.41) is 3.45. The monoisotopic (exact) mass is 224 g/mol. The molecule has 3 heteroatoms. The maximum absolute atomic E-state index is 4.35. The van der Waals surface area contributed by atoms with Crippen molar-refractivity contribution in [2.24, 2.45) is 0 Å². The van der Waals surface area contributed by atoms with Crippen LogP contribution in [0.3, 0.4) is 0 Å². The molecular formula is C12H20N2S. The van der Waals surface area contributed by atoms with Crippen LogP contribution in [0.15, 0.2) is 18.3 Å². The molecule has 0 aliphatic rings. The second-order valence-corrected chi connectivity index (χ2v) is 5.85. The van der Waals surface area contributed by atoms with E-state index >= 15 is 0 Å². The van der Waals surface area contributed by atoms with Crippen molar-refractivity contribution in [2.75, 3.05) is 12.8 Å². The van der Waals surface area contributed by atoms with Gasteiger partial charge in [-0.1, -0.05) is 6.07 Å². The van der Waals surface area contributed by atoms with Crippen LogP contribution in [0.25, 0.3) is 0 Å². The van der Waals surface area contributed by atoms with Gasteiger partial charge in [0.05, 0.1) is 5.69 Å². The summed E-state index contributed by atoms with van der Waals surface area (Å²) in [7, 11) is 0. The van der Waals surface area contributed by atoms with Gasteiger partial charge in [-0.05, 0) is 38.7 Å². The van der Waals surface area contributed by atoms with E-state index in [0.717, 1.165) is 18.8 Å². The molecule has 1 aromatic heterocycles. The van der Waals surface area contributed by atoms with Gasteiger partial charge >= 0.3 is 0 Å². The molecule has 0 spiro atoms. The van der Waals surface area contributed by atoms with Crippen LogP contribution in [-0.2, 0) is 6.54 Å². The van der Waals surface area contributed by atoms with Crippen molar-refractivity contribution in [1.82, 2.24) is 10.3 Å². The summed E-state index contributed by atoms with van der Waals surface area (Å²) in [5.41, 5.74) is 2.40. The Kier molecular flexibility index (Phi) is 4.61. The maximum atomic E-state index is 4.35. The van der Waals surface area contributed by atoms with Crippen LogP contribution >= 0.6 is 11.8 Å². The molecule has 0 unspecified atom stereocenters. The number of thioether (sulfide) groups is 1. The van der Waals surface area contributed by atoms with E-state index in [1.807, 2.05) is 24.0 Å². The molecule has 0 radical (unpaired) electrons. The summed E-state index contributed by atoms with van der Waals surface area (Å²) in [4.78, 5) is 4.35. The number of rotatable bonds is 5. The molecule has 1 aromatic rings. The number of nitrogens with zero attached hydrogens (tertiary/aromatic N) is 1. The first-order valence-electron chi connectivity index (χ1n) is 5.21. The van der Waals surface area contributed by atoms with Crippen LogP contribution < -0.4 is 5.32 Å². The summed E-state index contributed by atoms with van der Waals surface area (Å²) >= 11 is 1.88. The van der Waals surface area contributed by atoms with Crippen molar-refractivity contribution in [3.05, 3.63) is 29.6 Å². The predicted octanol–water partition coefficient (Wildman–Crippen LogP) is 2.62. The van der Waals surface area contributed by atoms with E-state index in [4.69, 9.17) is 0 Å².